The van der Waals surface area contributed by atoms with Crippen molar-refractivity contribution in [1.82, 2.24) is 0 Å². The fourth-order valence-corrected chi connectivity index (χ4v) is 2.93. The minimum absolute atomic E-state index is 0.288. The number of aldehydes is 1. The molecule has 1 saturated carbocycles. The molecule has 0 heterocycles. The van der Waals surface area contributed by atoms with Crippen LogP contribution in [0.1, 0.15) is 42.5 Å². The Hall–Kier alpha value is -0.870. The summed E-state index contributed by atoms with van der Waals surface area (Å²) in [4.78, 5) is 10.8. The second kappa shape index (κ2) is 7.06. The van der Waals surface area contributed by atoms with E-state index in [1.54, 1.807) is 18.2 Å². The minimum atomic E-state index is -0.425. The Morgan fingerprint density at radius 1 is 1.42 bits per heavy atom. The maximum Gasteiger partial charge on any atom is 0.151 e. The Morgan fingerprint density at radius 2 is 2.16 bits per heavy atom. The minimum Gasteiger partial charge on any atom is -0.491 e. The standard InChI is InChI=1S/C15H19BrO3/c16-15-6-5-14(8-12(15)9-17)19-10-13(18)7-11-3-1-2-4-11/h5-6,8-9,11,13,18H,1-4,7,10H2. The quantitative estimate of drug-likeness (QED) is 0.813. The third-order valence-electron chi connectivity index (χ3n) is 3.62. The van der Waals surface area contributed by atoms with Gasteiger partial charge in [0.2, 0.25) is 0 Å². The van der Waals surface area contributed by atoms with Crippen LogP contribution < -0.4 is 4.74 Å². The number of hydrogen-bond donors (Lipinski definition) is 1. The SMILES string of the molecule is O=Cc1cc(OCC(O)CC2CCCC2)ccc1Br. The molecule has 1 atom stereocenters. The van der Waals surface area contributed by atoms with Crippen molar-refractivity contribution in [2.24, 2.45) is 5.92 Å². The van der Waals surface area contributed by atoms with Gasteiger partial charge in [-0.05, 0) is 30.5 Å². The molecule has 0 bridgehead atoms. The number of carbonyl (C=O) groups is 1. The van der Waals surface area contributed by atoms with Crippen LogP contribution in [0.15, 0.2) is 22.7 Å². The number of hydrogen-bond acceptors (Lipinski definition) is 3. The number of ether oxygens (including phenoxy) is 1. The van der Waals surface area contributed by atoms with Crippen molar-refractivity contribution in [2.75, 3.05) is 6.61 Å². The molecule has 1 aliphatic rings. The molecule has 0 spiro atoms. The van der Waals surface area contributed by atoms with E-state index >= 15 is 0 Å². The maximum atomic E-state index is 10.8. The molecule has 104 valence electrons. The van der Waals surface area contributed by atoms with E-state index in [1.165, 1.54) is 25.7 Å². The number of benzene rings is 1. The lowest BCUT2D eigenvalue weighted by atomic mass is 10.0. The topological polar surface area (TPSA) is 46.5 Å². The average molecular weight is 327 g/mol. The highest BCUT2D eigenvalue weighted by Crippen LogP contribution is 2.29. The summed E-state index contributed by atoms with van der Waals surface area (Å²) in [5.74, 6) is 1.27. The third kappa shape index (κ3) is 4.32. The molecule has 0 aromatic heterocycles. The van der Waals surface area contributed by atoms with Gasteiger partial charge in [-0.2, -0.15) is 0 Å². The summed E-state index contributed by atoms with van der Waals surface area (Å²) in [6.07, 6.45) is 6.20. The van der Waals surface area contributed by atoms with E-state index in [4.69, 9.17) is 4.74 Å². The van der Waals surface area contributed by atoms with Crippen LogP contribution in [0.25, 0.3) is 0 Å². The van der Waals surface area contributed by atoms with E-state index in [0.29, 0.717) is 17.2 Å². The van der Waals surface area contributed by atoms with Crippen molar-refractivity contribution in [3.05, 3.63) is 28.2 Å². The van der Waals surface area contributed by atoms with Gasteiger partial charge in [-0.1, -0.05) is 41.6 Å². The maximum absolute atomic E-state index is 10.8. The van der Waals surface area contributed by atoms with Crippen molar-refractivity contribution >= 4 is 22.2 Å². The van der Waals surface area contributed by atoms with Crippen LogP contribution in [0, 0.1) is 5.92 Å². The molecule has 4 heteroatoms. The van der Waals surface area contributed by atoms with Gasteiger partial charge in [0.15, 0.2) is 6.29 Å². The highest BCUT2D eigenvalue weighted by molar-refractivity contribution is 9.10. The molecule has 1 fully saturated rings. The van der Waals surface area contributed by atoms with Crippen molar-refractivity contribution in [3.8, 4) is 5.75 Å². The van der Waals surface area contributed by atoms with Crippen LogP contribution >= 0.6 is 15.9 Å². The lowest BCUT2D eigenvalue weighted by molar-refractivity contribution is 0.0855. The van der Waals surface area contributed by atoms with Crippen molar-refractivity contribution < 1.29 is 14.6 Å². The molecule has 19 heavy (non-hydrogen) atoms. The number of aliphatic hydroxyl groups is 1. The lowest BCUT2D eigenvalue weighted by Gasteiger charge is -2.16. The first-order valence-corrected chi connectivity index (χ1v) is 7.54. The number of carbonyl (C=O) groups excluding carboxylic acids is 1. The fraction of sp³-hybridized carbons (Fsp3) is 0.533. The van der Waals surface area contributed by atoms with Gasteiger partial charge in [0.05, 0.1) is 6.10 Å². The largest absolute Gasteiger partial charge is 0.491 e. The third-order valence-corrected chi connectivity index (χ3v) is 4.34. The van der Waals surface area contributed by atoms with Gasteiger partial charge in [-0.3, -0.25) is 4.79 Å². The summed E-state index contributed by atoms with van der Waals surface area (Å²) in [7, 11) is 0. The Labute approximate surface area is 122 Å². The Morgan fingerprint density at radius 3 is 2.84 bits per heavy atom. The van der Waals surface area contributed by atoms with Gasteiger partial charge in [0.25, 0.3) is 0 Å². The van der Waals surface area contributed by atoms with Crippen LogP contribution in [0.5, 0.6) is 5.75 Å². The zero-order chi connectivity index (χ0) is 13.7. The number of aliphatic hydroxyl groups excluding tert-OH is 1. The van der Waals surface area contributed by atoms with E-state index < -0.39 is 6.10 Å². The van der Waals surface area contributed by atoms with Crippen LogP contribution in [-0.4, -0.2) is 24.1 Å². The zero-order valence-electron chi connectivity index (χ0n) is 10.8. The van der Waals surface area contributed by atoms with E-state index in [-0.39, 0.29) is 6.61 Å². The van der Waals surface area contributed by atoms with Gasteiger partial charge in [0, 0.05) is 10.0 Å². The Balaban J connectivity index is 1.82. The van der Waals surface area contributed by atoms with Crippen LogP contribution in [0.4, 0.5) is 0 Å². The second-order valence-corrected chi connectivity index (χ2v) is 6.01. The molecular weight excluding hydrogens is 308 g/mol. The van der Waals surface area contributed by atoms with Gasteiger partial charge >= 0.3 is 0 Å². The smallest absolute Gasteiger partial charge is 0.151 e. The monoisotopic (exact) mass is 326 g/mol. The molecule has 0 radical (unpaired) electrons. The molecule has 3 nitrogen and oxygen atoms in total. The van der Waals surface area contributed by atoms with Crippen molar-refractivity contribution in [3.63, 3.8) is 0 Å². The first-order chi connectivity index (χ1) is 9.19. The molecule has 1 aromatic carbocycles. The first-order valence-electron chi connectivity index (χ1n) is 6.74. The van der Waals surface area contributed by atoms with Crippen molar-refractivity contribution in [2.45, 2.75) is 38.2 Å². The van der Waals surface area contributed by atoms with E-state index in [1.807, 2.05) is 0 Å². The first kappa shape index (κ1) is 14.5. The van der Waals surface area contributed by atoms with E-state index in [9.17, 15) is 9.90 Å². The van der Waals surface area contributed by atoms with Gasteiger partial charge < -0.3 is 9.84 Å². The molecule has 0 saturated heterocycles. The van der Waals surface area contributed by atoms with Crippen molar-refractivity contribution in [1.29, 1.82) is 0 Å². The molecule has 0 aliphatic heterocycles. The molecule has 1 aromatic rings. The molecule has 1 N–H and O–H groups in total. The summed E-state index contributed by atoms with van der Waals surface area (Å²) >= 11 is 3.29. The summed E-state index contributed by atoms with van der Waals surface area (Å²) in [5.41, 5.74) is 0.558. The fourth-order valence-electron chi connectivity index (χ4n) is 2.59. The number of halogens is 1. The molecule has 1 unspecified atom stereocenters. The normalized spacial score (nSPS) is 17.4. The summed E-state index contributed by atoms with van der Waals surface area (Å²) in [6, 6.07) is 5.25. The summed E-state index contributed by atoms with van der Waals surface area (Å²) in [5, 5.41) is 9.95. The molecule has 1 aliphatic carbocycles. The van der Waals surface area contributed by atoms with Gasteiger partial charge in [-0.15, -0.1) is 0 Å². The highest BCUT2D eigenvalue weighted by Gasteiger charge is 2.19. The summed E-state index contributed by atoms with van der Waals surface area (Å²) in [6.45, 7) is 0.288. The van der Waals surface area contributed by atoms with Gasteiger partial charge in [0.1, 0.15) is 12.4 Å². The van der Waals surface area contributed by atoms with Gasteiger partial charge in [-0.25, -0.2) is 0 Å². The molecule has 0 amide bonds. The summed E-state index contributed by atoms with van der Waals surface area (Å²) < 4.78 is 6.30. The van der Waals surface area contributed by atoms with E-state index in [0.717, 1.165) is 17.2 Å². The van der Waals surface area contributed by atoms with Crippen LogP contribution in [0.3, 0.4) is 0 Å². The average Bonchev–Trinajstić information content (AvgIpc) is 2.90. The van der Waals surface area contributed by atoms with Crippen LogP contribution in [0.2, 0.25) is 0 Å². The second-order valence-electron chi connectivity index (χ2n) is 5.15. The van der Waals surface area contributed by atoms with Crippen LogP contribution in [-0.2, 0) is 0 Å². The molecule has 2 rings (SSSR count). The lowest BCUT2D eigenvalue weighted by Crippen LogP contribution is -2.20. The Kier molecular flexibility index (Phi) is 5.40. The Bertz CT molecular complexity index is 427. The predicted molar refractivity (Wildman–Crippen MR) is 77.6 cm³/mol. The highest BCUT2D eigenvalue weighted by atomic mass is 79.9. The zero-order valence-corrected chi connectivity index (χ0v) is 12.4. The predicted octanol–water partition coefficient (Wildman–Crippen LogP) is 3.58. The molecular formula is C15H19BrO3. The van der Waals surface area contributed by atoms with E-state index in [2.05, 4.69) is 15.9 Å². The number of rotatable bonds is 6.